The SMILES string of the molecule is c1ccc(-c2nc(-c3ccccc3)nc(-c3ccc4oc5ccc6c(oc7cccc(-n8c9ccccc9c9ccccc98)c76)c5c4c3)n2)cc1. The molecule has 0 aliphatic heterocycles. The molecule has 0 amide bonds. The zero-order valence-electron chi connectivity index (χ0n) is 27.1. The molecule has 51 heavy (non-hydrogen) atoms. The predicted octanol–water partition coefficient (Wildman–Crippen LogP) is 11.8. The molecule has 0 bridgehead atoms. The van der Waals surface area contributed by atoms with Gasteiger partial charge in [-0.3, -0.25) is 0 Å². The Kier molecular flexibility index (Phi) is 5.86. The number of fused-ring (bicyclic) bond motifs is 10. The van der Waals surface area contributed by atoms with Crippen LogP contribution in [0.1, 0.15) is 0 Å². The molecule has 0 radical (unpaired) electrons. The fourth-order valence-electron chi connectivity index (χ4n) is 7.57. The third kappa shape index (κ3) is 4.20. The first-order valence-electron chi connectivity index (χ1n) is 16.9. The molecular weight excluding hydrogens is 629 g/mol. The highest BCUT2D eigenvalue weighted by atomic mass is 16.3. The molecule has 0 saturated carbocycles. The highest BCUT2D eigenvalue weighted by molar-refractivity contribution is 6.24. The summed E-state index contributed by atoms with van der Waals surface area (Å²) in [6.07, 6.45) is 0. The van der Waals surface area contributed by atoms with E-state index in [1.165, 1.54) is 10.8 Å². The standard InChI is InChI=1S/C45H26N4O2/c1-3-12-27(13-4-1)43-46-44(28-14-5-2-6-15-28)48-45(47-43)29-22-24-37-33(26-29)41-39(50-37)25-23-32-40-36(20-11-21-38(40)51-42(32)41)49-34-18-9-7-16-30(34)31-17-8-10-19-35(31)49/h1-26H. The van der Waals surface area contributed by atoms with Gasteiger partial charge in [-0.1, -0.05) is 103 Å². The highest BCUT2D eigenvalue weighted by Gasteiger charge is 2.21. The van der Waals surface area contributed by atoms with Gasteiger partial charge in [0.05, 0.1) is 27.5 Å². The number of hydrogen-bond donors (Lipinski definition) is 0. The van der Waals surface area contributed by atoms with E-state index in [1.54, 1.807) is 0 Å². The van der Waals surface area contributed by atoms with Crippen molar-refractivity contribution in [2.45, 2.75) is 0 Å². The molecule has 0 aliphatic rings. The van der Waals surface area contributed by atoms with Gasteiger partial charge in [0, 0.05) is 38.2 Å². The molecule has 6 heteroatoms. The van der Waals surface area contributed by atoms with Gasteiger partial charge in [0.15, 0.2) is 17.5 Å². The van der Waals surface area contributed by atoms with E-state index in [1.807, 2.05) is 78.9 Å². The van der Waals surface area contributed by atoms with Gasteiger partial charge in [0.25, 0.3) is 0 Å². The van der Waals surface area contributed by atoms with Crippen LogP contribution in [0.3, 0.4) is 0 Å². The van der Waals surface area contributed by atoms with Crippen molar-refractivity contribution in [3.8, 4) is 39.9 Å². The van der Waals surface area contributed by atoms with Crippen LogP contribution in [0.2, 0.25) is 0 Å². The van der Waals surface area contributed by atoms with Crippen molar-refractivity contribution in [2.75, 3.05) is 0 Å². The average molecular weight is 655 g/mol. The van der Waals surface area contributed by atoms with Gasteiger partial charge in [-0.2, -0.15) is 0 Å². The second kappa shape index (κ2) is 10.7. The van der Waals surface area contributed by atoms with Crippen LogP contribution in [0.15, 0.2) is 167 Å². The van der Waals surface area contributed by atoms with Crippen molar-refractivity contribution in [1.82, 2.24) is 19.5 Å². The van der Waals surface area contributed by atoms with Crippen molar-refractivity contribution < 1.29 is 8.83 Å². The molecule has 4 heterocycles. The summed E-state index contributed by atoms with van der Waals surface area (Å²) in [6.45, 7) is 0. The largest absolute Gasteiger partial charge is 0.456 e. The number of furan rings is 2. The molecule has 0 atom stereocenters. The van der Waals surface area contributed by atoms with Gasteiger partial charge in [-0.15, -0.1) is 0 Å². The van der Waals surface area contributed by atoms with E-state index in [-0.39, 0.29) is 0 Å². The Morgan fingerprint density at radius 3 is 1.61 bits per heavy atom. The first kappa shape index (κ1) is 27.9. The minimum Gasteiger partial charge on any atom is -0.456 e. The third-order valence-electron chi connectivity index (χ3n) is 9.85. The van der Waals surface area contributed by atoms with Gasteiger partial charge in [-0.25, -0.2) is 15.0 Å². The van der Waals surface area contributed by atoms with Gasteiger partial charge in [-0.05, 0) is 54.6 Å². The maximum Gasteiger partial charge on any atom is 0.164 e. The van der Waals surface area contributed by atoms with Crippen LogP contribution >= 0.6 is 0 Å². The Bertz CT molecular complexity index is 3030. The molecule has 0 fully saturated rings. The Hall–Kier alpha value is -7.05. The maximum absolute atomic E-state index is 6.78. The lowest BCUT2D eigenvalue weighted by Crippen LogP contribution is -2.00. The summed E-state index contributed by atoms with van der Waals surface area (Å²) in [7, 11) is 0. The Balaban J connectivity index is 1.15. The van der Waals surface area contributed by atoms with Crippen LogP contribution in [-0.2, 0) is 0 Å². The maximum atomic E-state index is 6.78. The summed E-state index contributed by atoms with van der Waals surface area (Å²) in [4.78, 5) is 14.8. The molecule has 0 spiro atoms. The van der Waals surface area contributed by atoms with E-state index in [0.717, 1.165) is 77.3 Å². The summed E-state index contributed by atoms with van der Waals surface area (Å²) in [5.41, 5.74) is 9.24. The van der Waals surface area contributed by atoms with Crippen LogP contribution < -0.4 is 0 Å². The minimum absolute atomic E-state index is 0.587. The van der Waals surface area contributed by atoms with Gasteiger partial charge >= 0.3 is 0 Å². The first-order valence-corrected chi connectivity index (χ1v) is 16.9. The fourth-order valence-corrected chi connectivity index (χ4v) is 7.57. The van der Waals surface area contributed by atoms with Crippen LogP contribution in [0, 0.1) is 0 Å². The molecular formula is C45H26N4O2. The second-order valence-electron chi connectivity index (χ2n) is 12.8. The molecule has 0 aliphatic carbocycles. The predicted molar refractivity (Wildman–Crippen MR) is 205 cm³/mol. The molecule has 238 valence electrons. The average Bonchev–Trinajstić information content (AvgIpc) is 3.87. The van der Waals surface area contributed by atoms with Crippen LogP contribution in [0.4, 0.5) is 0 Å². The van der Waals surface area contributed by atoms with Gasteiger partial charge in [0.2, 0.25) is 0 Å². The van der Waals surface area contributed by atoms with Crippen molar-refractivity contribution in [1.29, 1.82) is 0 Å². The molecule has 11 aromatic rings. The molecule has 4 aromatic heterocycles. The van der Waals surface area contributed by atoms with Crippen molar-refractivity contribution in [3.63, 3.8) is 0 Å². The number of aromatic nitrogens is 4. The van der Waals surface area contributed by atoms with Crippen LogP contribution in [0.25, 0.3) is 106 Å². The minimum atomic E-state index is 0.587. The van der Waals surface area contributed by atoms with Crippen molar-refractivity contribution in [3.05, 3.63) is 158 Å². The Labute approximate surface area is 290 Å². The lowest BCUT2D eigenvalue weighted by molar-refractivity contribution is 0.663. The summed E-state index contributed by atoms with van der Waals surface area (Å²) in [5, 5.41) is 6.39. The van der Waals surface area contributed by atoms with E-state index >= 15 is 0 Å². The number of nitrogens with zero attached hydrogens (tertiary/aromatic N) is 4. The molecule has 0 saturated heterocycles. The Morgan fingerprint density at radius 2 is 0.941 bits per heavy atom. The normalized spacial score (nSPS) is 11.9. The Morgan fingerprint density at radius 1 is 0.373 bits per heavy atom. The van der Waals surface area contributed by atoms with E-state index in [2.05, 4.69) is 83.4 Å². The zero-order valence-corrected chi connectivity index (χ0v) is 27.1. The molecule has 11 rings (SSSR count). The van der Waals surface area contributed by atoms with Crippen molar-refractivity contribution in [2.24, 2.45) is 0 Å². The smallest absolute Gasteiger partial charge is 0.164 e. The summed E-state index contributed by atoms with van der Waals surface area (Å²) < 4.78 is 15.6. The molecule has 0 N–H and O–H groups in total. The van der Waals surface area contributed by atoms with Crippen LogP contribution in [-0.4, -0.2) is 19.5 Å². The van der Waals surface area contributed by atoms with E-state index in [0.29, 0.717) is 17.5 Å². The van der Waals surface area contributed by atoms with E-state index in [4.69, 9.17) is 23.8 Å². The third-order valence-corrected chi connectivity index (χ3v) is 9.85. The lowest BCUT2D eigenvalue weighted by Gasteiger charge is -2.09. The van der Waals surface area contributed by atoms with Gasteiger partial charge < -0.3 is 13.4 Å². The topological polar surface area (TPSA) is 69.9 Å². The van der Waals surface area contributed by atoms with E-state index < -0.39 is 0 Å². The summed E-state index contributed by atoms with van der Waals surface area (Å²) >= 11 is 0. The number of hydrogen-bond acceptors (Lipinski definition) is 5. The first-order chi connectivity index (χ1) is 25.3. The zero-order chi connectivity index (χ0) is 33.5. The highest BCUT2D eigenvalue weighted by Crippen LogP contribution is 2.43. The molecule has 0 unspecified atom stereocenters. The van der Waals surface area contributed by atoms with Crippen molar-refractivity contribution >= 4 is 65.7 Å². The monoisotopic (exact) mass is 654 g/mol. The molecule has 7 aromatic carbocycles. The van der Waals surface area contributed by atoms with Gasteiger partial charge in [0.1, 0.15) is 22.3 Å². The molecule has 6 nitrogen and oxygen atoms in total. The summed E-state index contributed by atoms with van der Waals surface area (Å²) in [5.74, 6) is 1.83. The fraction of sp³-hybridized carbons (Fsp3) is 0. The lowest BCUT2D eigenvalue weighted by atomic mass is 10.0. The summed E-state index contributed by atoms with van der Waals surface area (Å²) in [6, 6.07) is 53.8. The second-order valence-corrected chi connectivity index (χ2v) is 12.8. The number of benzene rings is 7. The number of para-hydroxylation sites is 2. The quantitative estimate of drug-likeness (QED) is 0.189. The van der Waals surface area contributed by atoms with E-state index in [9.17, 15) is 0 Å². The van der Waals surface area contributed by atoms with Crippen LogP contribution in [0.5, 0.6) is 0 Å². The number of rotatable bonds is 4.